The van der Waals surface area contributed by atoms with Gasteiger partial charge in [-0.15, -0.1) is 0 Å². The van der Waals surface area contributed by atoms with Gasteiger partial charge in [-0.1, -0.05) is 38.1 Å². The number of carbonyl (C=O) groups is 1. The summed E-state index contributed by atoms with van der Waals surface area (Å²) in [6.45, 7) is 9.56. The number of methoxy groups -OCH3 is 1. The summed E-state index contributed by atoms with van der Waals surface area (Å²) in [5, 5.41) is 0. The molecule has 0 aromatic heterocycles. The first-order valence-corrected chi connectivity index (χ1v) is 12.9. The second-order valence-corrected chi connectivity index (χ2v) is 10.6. The number of aryl methyl sites for hydroxylation is 1. The number of amides is 1. The molecule has 1 aliphatic rings. The fourth-order valence-corrected chi connectivity index (χ4v) is 5.37. The number of carbonyl (C=O) groups excluding carboxylic acids is 1. The molecule has 1 fully saturated rings. The van der Waals surface area contributed by atoms with E-state index in [1.807, 2.05) is 19.9 Å². The zero-order valence-electron chi connectivity index (χ0n) is 20.0. The maximum absolute atomic E-state index is 13.4. The van der Waals surface area contributed by atoms with Gasteiger partial charge in [-0.25, -0.2) is 8.42 Å². The Kier molecular flexibility index (Phi) is 8.51. The summed E-state index contributed by atoms with van der Waals surface area (Å²) >= 11 is 0. The van der Waals surface area contributed by atoms with Crippen LogP contribution >= 0.6 is 0 Å². The van der Waals surface area contributed by atoms with E-state index in [9.17, 15) is 13.2 Å². The SMILES string of the molecule is COc1ccc(S(=O)(=O)N[C@H](C(=O)N2CCCN(Cc3ccccc3C)CC2)C(C)C)cc1. The van der Waals surface area contributed by atoms with Gasteiger partial charge in [0.15, 0.2) is 0 Å². The summed E-state index contributed by atoms with van der Waals surface area (Å²) in [4.78, 5) is 17.7. The number of sulfonamides is 1. The van der Waals surface area contributed by atoms with Crippen LogP contribution in [0.1, 0.15) is 31.4 Å². The standard InChI is InChI=1S/C25H35N3O4S/c1-19(2)24(26-33(30,31)23-12-10-22(32-4)11-13-23)25(29)28-15-7-14-27(16-17-28)18-21-9-6-5-8-20(21)3/h5-6,8-13,19,24,26H,7,14-18H2,1-4H3/t24-/m0/s1. The normalized spacial score (nSPS) is 16.5. The van der Waals surface area contributed by atoms with Crippen molar-refractivity contribution in [3.8, 4) is 5.75 Å². The molecule has 8 heteroatoms. The van der Waals surface area contributed by atoms with Crippen molar-refractivity contribution in [3.05, 3.63) is 59.7 Å². The molecule has 2 aromatic rings. The van der Waals surface area contributed by atoms with Gasteiger partial charge in [0.05, 0.1) is 12.0 Å². The van der Waals surface area contributed by atoms with E-state index >= 15 is 0 Å². The third-order valence-electron chi connectivity index (χ3n) is 6.14. The van der Waals surface area contributed by atoms with Crippen LogP contribution in [0.4, 0.5) is 0 Å². The van der Waals surface area contributed by atoms with Gasteiger partial charge in [0, 0.05) is 32.7 Å². The van der Waals surface area contributed by atoms with Crippen molar-refractivity contribution in [1.82, 2.24) is 14.5 Å². The van der Waals surface area contributed by atoms with Crippen molar-refractivity contribution in [2.24, 2.45) is 5.92 Å². The Morgan fingerprint density at radius 2 is 1.73 bits per heavy atom. The first-order chi connectivity index (χ1) is 15.7. The Morgan fingerprint density at radius 1 is 1.03 bits per heavy atom. The molecule has 180 valence electrons. The quantitative estimate of drug-likeness (QED) is 0.638. The van der Waals surface area contributed by atoms with E-state index in [0.717, 1.165) is 26.1 Å². The van der Waals surface area contributed by atoms with Gasteiger partial charge >= 0.3 is 0 Å². The van der Waals surface area contributed by atoms with Crippen LogP contribution in [0, 0.1) is 12.8 Å². The monoisotopic (exact) mass is 473 g/mol. The Hall–Kier alpha value is -2.42. The maximum Gasteiger partial charge on any atom is 0.241 e. The first-order valence-electron chi connectivity index (χ1n) is 11.4. The lowest BCUT2D eigenvalue weighted by atomic mass is 10.0. The van der Waals surface area contributed by atoms with Gasteiger partial charge < -0.3 is 9.64 Å². The number of nitrogens with one attached hydrogen (secondary N) is 1. The van der Waals surface area contributed by atoms with Crippen LogP contribution in [-0.2, 0) is 21.4 Å². The van der Waals surface area contributed by atoms with Gasteiger partial charge in [0.2, 0.25) is 15.9 Å². The average Bonchev–Trinajstić information content (AvgIpc) is 3.04. The smallest absolute Gasteiger partial charge is 0.241 e. The molecule has 1 N–H and O–H groups in total. The van der Waals surface area contributed by atoms with Crippen LogP contribution in [0.3, 0.4) is 0 Å². The minimum Gasteiger partial charge on any atom is -0.497 e. The van der Waals surface area contributed by atoms with E-state index in [1.165, 1.54) is 30.4 Å². The van der Waals surface area contributed by atoms with Crippen LogP contribution in [0.15, 0.2) is 53.4 Å². The highest BCUT2D eigenvalue weighted by Crippen LogP contribution is 2.19. The summed E-state index contributed by atoms with van der Waals surface area (Å²) in [7, 11) is -2.32. The second kappa shape index (κ2) is 11.1. The van der Waals surface area contributed by atoms with Crippen molar-refractivity contribution in [3.63, 3.8) is 0 Å². The molecule has 1 amide bonds. The topological polar surface area (TPSA) is 78.9 Å². The van der Waals surface area contributed by atoms with Gasteiger partial charge in [-0.05, 0) is 54.7 Å². The maximum atomic E-state index is 13.4. The zero-order valence-corrected chi connectivity index (χ0v) is 20.8. The Bertz CT molecular complexity index is 1040. The molecule has 0 spiro atoms. The number of ether oxygens (including phenoxy) is 1. The number of nitrogens with zero attached hydrogens (tertiary/aromatic N) is 2. The van der Waals surface area contributed by atoms with E-state index in [2.05, 4.69) is 34.7 Å². The van der Waals surface area contributed by atoms with Crippen molar-refractivity contribution < 1.29 is 17.9 Å². The Balaban J connectivity index is 1.67. The van der Waals surface area contributed by atoms with Crippen LogP contribution in [0.2, 0.25) is 0 Å². The number of rotatable bonds is 8. The molecule has 3 rings (SSSR count). The molecule has 1 atom stereocenters. The van der Waals surface area contributed by atoms with Crippen molar-refractivity contribution in [2.45, 2.75) is 44.7 Å². The first kappa shape index (κ1) is 25.2. The van der Waals surface area contributed by atoms with Gasteiger partial charge in [-0.2, -0.15) is 4.72 Å². The lowest BCUT2D eigenvalue weighted by molar-refractivity contribution is -0.133. The van der Waals surface area contributed by atoms with Gasteiger partial charge in [-0.3, -0.25) is 9.69 Å². The minimum atomic E-state index is -3.84. The highest BCUT2D eigenvalue weighted by molar-refractivity contribution is 7.89. The molecule has 2 aromatic carbocycles. The predicted octanol–water partition coefficient (Wildman–Crippen LogP) is 3.04. The van der Waals surface area contributed by atoms with E-state index in [1.54, 1.807) is 17.0 Å². The number of hydrogen-bond donors (Lipinski definition) is 1. The van der Waals surface area contributed by atoms with Crippen LogP contribution in [0.5, 0.6) is 5.75 Å². The molecule has 0 aliphatic carbocycles. The average molecular weight is 474 g/mol. The highest BCUT2D eigenvalue weighted by Gasteiger charge is 2.32. The summed E-state index contributed by atoms with van der Waals surface area (Å²) < 4.78 is 33.7. The predicted molar refractivity (Wildman–Crippen MR) is 130 cm³/mol. The highest BCUT2D eigenvalue weighted by atomic mass is 32.2. The van der Waals surface area contributed by atoms with Crippen molar-refractivity contribution in [1.29, 1.82) is 0 Å². The zero-order chi connectivity index (χ0) is 24.0. The van der Waals surface area contributed by atoms with Gasteiger partial charge in [0.1, 0.15) is 11.8 Å². The molecular formula is C25H35N3O4S. The summed E-state index contributed by atoms with van der Waals surface area (Å²) in [6, 6.07) is 13.7. The summed E-state index contributed by atoms with van der Waals surface area (Å²) in [5.74, 6) is 0.224. The Morgan fingerprint density at radius 3 is 2.36 bits per heavy atom. The molecule has 0 bridgehead atoms. The molecule has 1 saturated heterocycles. The molecule has 33 heavy (non-hydrogen) atoms. The molecule has 0 radical (unpaired) electrons. The minimum absolute atomic E-state index is 0.113. The summed E-state index contributed by atoms with van der Waals surface area (Å²) in [5.41, 5.74) is 2.56. The lowest BCUT2D eigenvalue weighted by Crippen LogP contribution is -2.51. The number of hydrogen-bond acceptors (Lipinski definition) is 5. The molecule has 7 nitrogen and oxygen atoms in total. The largest absolute Gasteiger partial charge is 0.497 e. The van der Waals surface area contributed by atoms with Crippen LogP contribution in [0.25, 0.3) is 0 Å². The second-order valence-electron chi connectivity index (χ2n) is 8.90. The van der Waals surface area contributed by atoms with E-state index in [4.69, 9.17) is 4.74 Å². The molecule has 1 heterocycles. The molecular weight excluding hydrogens is 438 g/mol. The lowest BCUT2D eigenvalue weighted by Gasteiger charge is -2.29. The molecule has 0 saturated carbocycles. The summed E-state index contributed by atoms with van der Waals surface area (Å²) in [6.07, 6.45) is 0.855. The number of benzene rings is 2. The van der Waals surface area contributed by atoms with E-state index in [-0.39, 0.29) is 16.7 Å². The van der Waals surface area contributed by atoms with Crippen molar-refractivity contribution in [2.75, 3.05) is 33.3 Å². The molecule has 1 aliphatic heterocycles. The van der Waals surface area contributed by atoms with Gasteiger partial charge in [0.25, 0.3) is 0 Å². The van der Waals surface area contributed by atoms with Crippen molar-refractivity contribution >= 4 is 15.9 Å². The third kappa shape index (κ3) is 6.56. The van der Waals surface area contributed by atoms with Crippen LogP contribution < -0.4 is 9.46 Å². The fraction of sp³-hybridized carbons (Fsp3) is 0.480. The van der Waals surface area contributed by atoms with E-state index in [0.29, 0.717) is 18.8 Å². The third-order valence-corrected chi connectivity index (χ3v) is 7.60. The Labute approximate surface area is 197 Å². The van der Waals surface area contributed by atoms with E-state index < -0.39 is 16.1 Å². The van der Waals surface area contributed by atoms with Crippen LogP contribution in [-0.4, -0.2) is 63.5 Å². The molecule has 0 unspecified atom stereocenters. The fourth-order valence-electron chi connectivity index (χ4n) is 4.04.